The molecule has 0 N–H and O–H groups in total. The average molecular weight is 245 g/mol. The minimum Gasteiger partial charge on any atom is -0.479 e. The first kappa shape index (κ1) is 13.1. The molecule has 0 saturated carbocycles. The summed E-state index contributed by atoms with van der Waals surface area (Å²) in [5.41, 5.74) is -0.540. The Morgan fingerprint density at radius 1 is 1.24 bits per heavy atom. The van der Waals surface area contributed by atoms with Gasteiger partial charge in [0.05, 0.1) is 7.11 Å². The SMILES string of the molecule is CO/C(=N\N=C(/C)C(F)(F)F)c1ccncc1. The van der Waals surface area contributed by atoms with E-state index in [1.165, 1.54) is 19.5 Å². The second-order valence-electron chi connectivity index (χ2n) is 3.03. The predicted octanol–water partition coefficient (Wildman–Crippen LogP) is 2.41. The van der Waals surface area contributed by atoms with Gasteiger partial charge in [0.1, 0.15) is 5.71 Å². The van der Waals surface area contributed by atoms with Gasteiger partial charge in [-0.05, 0) is 19.1 Å². The Kier molecular flexibility index (Phi) is 4.19. The van der Waals surface area contributed by atoms with E-state index in [1.54, 1.807) is 12.1 Å². The van der Waals surface area contributed by atoms with E-state index in [2.05, 4.69) is 15.2 Å². The van der Waals surface area contributed by atoms with E-state index in [9.17, 15) is 13.2 Å². The zero-order chi connectivity index (χ0) is 12.9. The summed E-state index contributed by atoms with van der Waals surface area (Å²) >= 11 is 0. The fraction of sp³-hybridized carbons (Fsp3) is 0.300. The van der Waals surface area contributed by atoms with E-state index >= 15 is 0 Å². The Morgan fingerprint density at radius 3 is 2.29 bits per heavy atom. The summed E-state index contributed by atoms with van der Waals surface area (Å²) in [6.45, 7) is 0.837. The first-order valence-corrected chi connectivity index (χ1v) is 4.59. The third kappa shape index (κ3) is 3.86. The molecule has 4 nitrogen and oxygen atoms in total. The zero-order valence-electron chi connectivity index (χ0n) is 9.19. The summed E-state index contributed by atoms with van der Waals surface area (Å²) in [6, 6.07) is 3.11. The maximum Gasteiger partial charge on any atom is 0.431 e. The number of nitrogens with zero attached hydrogens (tertiary/aromatic N) is 3. The standard InChI is InChI=1S/C10H10F3N3O/c1-7(10(11,12)13)15-16-9(17-2)8-3-5-14-6-4-8/h3-6H,1-2H3/b15-7+,16-9-. The molecule has 0 bridgehead atoms. The Bertz CT molecular complexity index is 426. The van der Waals surface area contributed by atoms with Gasteiger partial charge in [-0.2, -0.15) is 13.2 Å². The van der Waals surface area contributed by atoms with Gasteiger partial charge in [0.15, 0.2) is 0 Å². The van der Waals surface area contributed by atoms with Crippen molar-refractivity contribution in [2.24, 2.45) is 10.2 Å². The molecule has 0 aliphatic carbocycles. The second kappa shape index (κ2) is 5.42. The average Bonchev–Trinajstić information content (AvgIpc) is 2.29. The smallest absolute Gasteiger partial charge is 0.431 e. The third-order valence-corrected chi connectivity index (χ3v) is 1.82. The number of methoxy groups -OCH3 is 1. The normalized spacial score (nSPS) is 13.7. The maximum atomic E-state index is 12.2. The lowest BCUT2D eigenvalue weighted by Crippen LogP contribution is -2.19. The molecule has 0 amide bonds. The van der Waals surface area contributed by atoms with Gasteiger partial charge in [-0.15, -0.1) is 10.2 Å². The molecule has 0 spiro atoms. The van der Waals surface area contributed by atoms with Crippen molar-refractivity contribution in [1.29, 1.82) is 0 Å². The molecule has 0 aliphatic heterocycles. The number of pyridine rings is 1. The predicted molar refractivity (Wildman–Crippen MR) is 56.9 cm³/mol. The molecular formula is C10H10F3N3O. The minimum atomic E-state index is -4.49. The van der Waals surface area contributed by atoms with Crippen molar-refractivity contribution in [1.82, 2.24) is 4.98 Å². The van der Waals surface area contributed by atoms with Crippen LogP contribution in [0.4, 0.5) is 13.2 Å². The van der Waals surface area contributed by atoms with Crippen LogP contribution < -0.4 is 0 Å². The van der Waals surface area contributed by atoms with Gasteiger partial charge in [-0.1, -0.05) is 0 Å². The molecule has 1 heterocycles. The van der Waals surface area contributed by atoms with E-state index in [-0.39, 0.29) is 5.90 Å². The number of hydrogen-bond acceptors (Lipinski definition) is 4. The van der Waals surface area contributed by atoms with Gasteiger partial charge in [-0.25, -0.2) is 0 Å². The monoisotopic (exact) mass is 245 g/mol. The molecule has 0 unspecified atom stereocenters. The van der Waals surface area contributed by atoms with Crippen LogP contribution in [0.5, 0.6) is 0 Å². The van der Waals surface area contributed by atoms with E-state index in [1.807, 2.05) is 0 Å². The van der Waals surface area contributed by atoms with Crippen LogP contribution in [0.15, 0.2) is 34.7 Å². The highest BCUT2D eigenvalue weighted by molar-refractivity contribution is 5.95. The molecule has 1 aromatic heterocycles. The topological polar surface area (TPSA) is 46.8 Å². The lowest BCUT2D eigenvalue weighted by Gasteiger charge is -2.04. The molecular weight excluding hydrogens is 235 g/mol. The molecule has 0 aliphatic rings. The van der Waals surface area contributed by atoms with Gasteiger partial charge < -0.3 is 4.74 Å². The highest BCUT2D eigenvalue weighted by Crippen LogP contribution is 2.17. The van der Waals surface area contributed by atoms with Crippen molar-refractivity contribution < 1.29 is 17.9 Å². The molecule has 0 fully saturated rings. The summed E-state index contributed by atoms with van der Waals surface area (Å²) < 4.78 is 41.3. The highest BCUT2D eigenvalue weighted by Gasteiger charge is 2.32. The summed E-state index contributed by atoms with van der Waals surface area (Å²) in [5, 5.41) is 6.49. The Morgan fingerprint density at radius 2 is 1.82 bits per heavy atom. The van der Waals surface area contributed by atoms with E-state index in [0.29, 0.717) is 5.56 Å². The van der Waals surface area contributed by atoms with Gasteiger partial charge >= 0.3 is 6.18 Å². The second-order valence-corrected chi connectivity index (χ2v) is 3.03. The zero-order valence-corrected chi connectivity index (χ0v) is 9.19. The Hall–Kier alpha value is -1.92. The van der Waals surface area contributed by atoms with Gasteiger partial charge in [0.25, 0.3) is 0 Å². The van der Waals surface area contributed by atoms with Crippen LogP contribution in [0.3, 0.4) is 0 Å². The van der Waals surface area contributed by atoms with Crippen molar-refractivity contribution in [3.63, 3.8) is 0 Å². The number of aromatic nitrogens is 1. The van der Waals surface area contributed by atoms with Crippen molar-refractivity contribution in [2.45, 2.75) is 13.1 Å². The summed E-state index contributed by atoms with van der Waals surface area (Å²) in [4.78, 5) is 3.77. The quantitative estimate of drug-likeness (QED) is 0.456. The van der Waals surface area contributed by atoms with Crippen LogP contribution in [0.2, 0.25) is 0 Å². The molecule has 92 valence electrons. The minimum absolute atomic E-state index is 0.00370. The van der Waals surface area contributed by atoms with Crippen LogP contribution in [0.25, 0.3) is 0 Å². The van der Waals surface area contributed by atoms with Crippen LogP contribution >= 0.6 is 0 Å². The molecule has 1 aromatic rings. The van der Waals surface area contributed by atoms with E-state index in [0.717, 1.165) is 6.92 Å². The van der Waals surface area contributed by atoms with Crippen molar-refractivity contribution in [3.8, 4) is 0 Å². The summed E-state index contributed by atoms with van der Waals surface area (Å²) in [7, 11) is 1.30. The summed E-state index contributed by atoms with van der Waals surface area (Å²) in [6.07, 6.45) is -1.53. The molecule has 7 heteroatoms. The fourth-order valence-corrected chi connectivity index (χ4v) is 0.888. The lowest BCUT2D eigenvalue weighted by atomic mass is 10.3. The molecule has 0 atom stereocenters. The van der Waals surface area contributed by atoms with Crippen molar-refractivity contribution in [2.75, 3.05) is 7.11 Å². The molecule has 17 heavy (non-hydrogen) atoms. The number of alkyl halides is 3. The van der Waals surface area contributed by atoms with Crippen LogP contribution in [-0.4, -0.2) is 29.9 Å². The number of halogens is 3. The first-order valence-electron chi connectivity index (χ1n) is 4.59. The van der Waals surface area contributed by atoms with Gasteiger partial charge in [0, 0.05) is 18.0 Å². The summed E-state index contributed by atoms with van der Waals surface area (Å²) in [5.74, 6) is -0.00370. The van der Waals surface area contributed by atoms with Crippen LogP contribution in [0, 0.1) is 0 Å². The van der Waals surface area contributed by atoms with Gasteiger partial charge in [0.2, 0.25) is 5.90 Å². The van der Waals surface area contributed by atoms with Crippen LogP contribution in [-0.2, 0) is 4.74 Å². The fourth-order valence-electron chi connectivity index (χ4n) is 0.888. The largest absolute Gasteiger partial charge is 0.479 e. The molecule has 0 aromatic carbocycles. The molecule has 0 saturated heterocycles. The number of hydrogen-bond donors (Lipinski definition) is 0. The first-order chi connectivity index (χ1) is 7.95. The Labute approximate surface area is 95.8 Å². The third-order valence-electron chi connectivity index (χ3n) is 1.82. The van der Waals surface area contributed by atoms with Crippen molar-refractivity contribution in [3.05, 3.63) is 30.1 Å². The maximum absolute atomic E-state index is 12.2. The van der Waals surface area contributed by atoms with E-state index in [4.69, 9.17) is 4.74 Å². The molecule has 1 rings (SSSR count). The number of rotatable bonds is 2. The van der Waals surface area contributed by atoms with Crippen molar-refractivity contribution >= 4 is 11.6 Å². The Balaban J connectivity index is 2.97. The van der Waals surface area contributed by atoms with E-state index < -0.39 is 11.9 Å². The molecule has 0 radical (unpaired) electrons. The van der Waals surface area contributed by atoms with Gasteiger partial charge in [-0.3, -0.25) is 4.98 Å². The highest BCUT2D eigenvalue weighted by atomic mass is 19.4. The van der Waals surface area contributed by atoms with Crippen LogP contribution in [0.1, 0.15) is 12.5 Å². The lowest BCUT2D eigenvalue weighted by molar-refractivity contribution is -0.0593. The number of ether oxygens (including phenoxy) is 1.